The molecule has 2 aromatic carbocycles. The van der Waals surface area contributed by atoms with Crippen LogP contribution in [0.5, 0.6) is 0 Å². The van der Waals surface area contributed by atoms with Gasteiger partial charge in [0.15, 0.2) is 0 Å². The minimum atomic E-state index is -3.58. The molecular weight excluding hydrogens is 369 g/mol. The Morgan fingerprint density at radius 1 is 1.15 bits per heavy atom. The molecule has 0 radical (unpaired) electrons. The van der Waals surface area contributed by atoms with E-state index in [1.165, 1.54) is 16.4 Å². The summed E-state index contributed by atoms with van der Waals surface area (Å²) < 4.78 is 40.4. The topological polar surface area (TPSA) is 90.3 Å². The van der Waals surface area contributed by atoms with Crippen molar-refractivity contribution < 1.29 is 17.6 Å². The van der Waals surface area contributed by atoms with Gasteiger partial charge in [-0.05, 0) is 43.2 Å². The van der Waals surface area contributed by atoms with Crippen LogP contribution in [0, 0.1) is 23.1 Å². The molecule has 1 fully saturated rings. The molecule has 0 bridgehead atoms. The molecule has 6 nitrogen and oxygen atoms in total. The lowest BCUT2D eigenvalue weighted by molar-refractivity contribution is -0.120. The predicted octanol–water partition coefficient (Wildman–Crippen LogP) is 2.74. The molecule has 27 heavy (non-hydrogen) atoms. The predicted molar refractivity (Wildman–Crippen MR) is 97.7 cm³/mol. The first-order chi connectivity index (χ1) is 12.9. The Morgan fingerprint density at radius 3 is 2.44 bits per heavy atom. The molecule has 1 N–H and O–H groups in total. The summed E-state index contributed by atoms with van der Waals surface area (Å²) in [4.78, 5) is 12.6. The summed E-state index contributed by atoms with van der Waals surface area (Å²) in [6.07, 6.45) is 0.689. The number of piperidine rings is 1. The van der Waals surface area contributed by atoms with E-state index in [1.807, 2.05) is 6.07 Å². The van der Waals surface area contributed by atoms with E-state index in [2.05, 4.69) is 5.32 Å². The monoisotopic (exact) mass is 387 g/mol. The number of carbonyl (C=O) groups is 1. The highest BCUT2D eigenvalue weighted by atomic mass is 32.2. The normalized spacial score (nSPS) is 15.9. The van der Waals surface area contributed by atoms with Crippen molar-refractivity contribution in [1.82, 2.24) is 4.31 Å². The molecule has 1 saturated heterocycles. The Labute approximate surface area is 157 Å². The minimum absolute atomic E-state index is 0.0432. The summed E-state index contributed by atoms with van der Waals surface area (Å²) in [5, 5.41) is 11.4. The number of rotatable bonds is 4. The smallest absolute Gasteiger partial charge is 0.243 e. The number of anilines is 1. The van der Waals surface area contributed by atoms with Crippen LogP contribution < -0.4 is 5.32 Å². The highest BCUT2D eigenvalue weighted by Crippen LogP contribution is 2.25. The Morgan fingerprint density at radius 2 is 1.81 bits per heavy atom. The lowest BCUT2D eigenvalue weighted by Crippen LogP contribution is -2.41. The molecule has 0 aliphatic carbocycles. The number of nitriles is 1. The molecule has 0 spiro atoms. The fourth-order valence-electron chi connectivity index (χ4n) is 3.03. The fourth-order valence-corrected chi connectivity index (χ4v) is 4.52. The Bertz CT molecular complexity index is 979. The first-order valence-corrected chi connectivity index (χ1v) is 9.91. The van der Waals surface area contributed by atoms with Gasteiger partial charge in [0.25, 0.3) is 0 Å². The van der Waals surface area contributed by atoms with Gasteiger partial charge < -0.3 is 5.32 Å². The number of hydrogen-bond acceptors (Lipinski definition) is 4. The molecule has 1 aliphatic heterocycles. The summed E-state index contributed by atoms with van der Waals surface area (Å²) in [5.74, 6) is -1.41. The van der Waals surface area contributed by atoms with E-state index >= 15 is 0 Å². The number of sulfonamides is 1. The molecule has 3 rings (SSSR count). The van der Waals surface area contributed by atoms with Gasteiger partial charge in [-0.15, -0.1) is 0 Å². The van der Waals surface area contributed by atoms with Gasteiger partial charge in [0.1, 0.15) is 5.82 Å². The van der Waals surface area contributed by atoms with Crippen LogP contribution in [0.4, 0.5) is 10.1 Å². The third-order valence-electron chi connectivity index (χ3n) is 4.56. The second-order valence-corrected chi connectivity index (χ2v) is 8.23. The number of hydrogen-bond donors (Lipinski definition) is 1. The second kappa shape index (κ2) is 7.86. The highest BCUT2D eigenvalue weighted by Gasteiger charge is 2.32. The van der Waals surface area contributed by atoms with E-state index in [0.29, 0.717) is 12.8 Å². The highest BCUT2D eigenvalue weighted by molar-refractivity contribution is 7.89. The summed E-state index contributed by atoms with van der Waals surface area (Å²) in [7, 11) is -3.58. The first-order valence-electron chi connectivity index (χ1n) is 8.47. The van der Waals surface area contributed by atoms with Crippen molar-refractivity contribution in [1.29, 1.82) is 5.26 Å². The Kier molecular flexibility index (Phi) is 5.54. The van der Waals surface area contributed by atoms with Crippen molar-refractivity contribution in [3.8, 4) is 6.07 Å². The molecular formula is C19H18FN3O3S. The maximum atomic E-state index is 13.8. The lowest BCUT2D eigenvalue weighted by atomic mass is 9.97. The maximum Gasteiger partial charge on any atom is 0.243 e. The molecule has 1 heterocycles. The molecule has 1 aliphatic rings. The van der Waals surface area contributed by atoms with E-state index in [0.717, 1.165) is 6.07 Å². The van der Waals surface area contributed by atoms with Crippen molar-refractivity contribution in [2.24, 2.45) is 5.92 Å². The summed E-state index contributed by atoms with van der Waals surface area (Å²) in [5.41, 5.74) is 0.203. The first kappa shape index (κ1) is 19.0. The quantitative estimate of drug-likeness (QED) is 0.873. The van der Waals surface area contributed by atoms with Gasteiger partial charge in [0, 0.05) is 19.0 Å². The molecule has 2 aromatic rings. The maximum absolute atomic E-state index is 13.8. The van der Waals surface area contributed by atoms with Gasteiger partial charge >= 0.3 is 0 Å². The number of nitrogens with one attached hydrogen (secondary N) is 1. The van der Waals surface area contributed by atoms with Crippen LogP contribution in [0.3, 0.4) is 0 Å². The van der Waals surface area contributed by atoms with Crippen LogP contribution in [0.1, 0.15) is 18.4 Å². The molecule has 8 heteroatoms. The number of amides is 1. The van der Waals surface area contributed by atoms with E-state index in [9.17, 15) is 17.6 Å². The lowest BCUT2D eigenvalue weighted by Gasteiger charge is -2.30. The van der Waals surface area contributed by atoms with E-state index in [4.69, 9.17) is 5.26 Å². The van der Waals surface area contributed by atoms with Gasteiger partial charge in [-0.1, -0.05) is 18.2 Å². The number of benzene rings is 2. The van der Waals surface area contributed by atoms with E-state index in [1.54, 1.807) is 30.3 Å². The van der Waals surface area contributed by atoms with Crippen molar-refractivity contribution >= 4 is 21.6 Å². The van der Waals surface area contributed by atoms with Gasteiger partial charge in [-0.25, -0.2) is 12.8 Å². The largest absolute Gasteiger partial charge is 0.323 e. The van der Waals surface area contributed by atoms with Crippen LogP contribution in [0.15, 0.2) is 53.4 Å². The van der Waals surface area contributed by atoms with Crippen LogP contribution in [0.2, 0.25) is 0 Å². The Hall–Kier alpha value is -2.76. The second-order valence-electron chi connectivity index (χ2n) is 6.29. The number of carbonyl (C=O) groups excluding carboxylic acids is 1. The summed E-state index contributed by atoms with van der Waals surface area (Å²) in [6, 6.07) is 13.8. The van der Waals surface area contributed by atoms with Crippen LogP contribution >= 0.6 is 0 Å². The average Bonchev–Trinajstić information content (AvgIpc) is 2.70. The zero-order valence-corrected chi connectivity index (χ0v) is 15.2. The molecule has 1 amide bonds. The third-order valence-corrected chi connectivity index (χ3v) is 6.47. The molecule has 0 atom stereocenters. The SMILES string of the molecule is N#Cc1ccc(F)c(NC(=O)C2CCN(S(=O)(=O)c3ccccc3)CC2)c1. The molecule has 0 unspecified atom stereocenters. The zero-order chi connectivity index (χ0) is 19.4. The standard InChI is InChI=1S/C19H18FN3O3S/c20-17-7-6-14(13-21)12-18(17)22-19(24)15-8-10-23(11-9-15)27(25,26)16-4-2-1-3-5-16/h1-7,12,15H,8-11H2,(H,22,24). The third kappa shape index (κ3) is 4.15. The Balaban J connectivity index is 1.64. The summed E-state index contributed by atoms with van der Waals surface area (Å²) in [6.45, 7) is 0.437. The molecule has 140 valence electrons. The van der Waals surface area contributed by atoms with Crippen molar-refractivity contribution in [3.63, 3.8) is 0 Å². The molecule has 0 aromatic heterocycles. The van der Waals surface area contributed by atoms with Crippen LogP contribution in [-0.2, 0) is 14.8 Å². The van der Waals surface area contributed by atoms with Gasteiger partial charge in [0.2, 0.25) is 15.9 Å². The van der Waals surface area contributed by atoms with Crippen LogP contribution in [-0.4, -0.2) is 31.7 Å². The average molecular weight is 387 g/mol. The van der Waals surface area contributed by atoms with Gasteiger partial charge in [-0.3, -0.25) is 4.79 Å². The van der Waals surface area contributed by atoms with Crippen molar-refractivity contribution in [3.05, 3.63) is 59.9 Å². The van der Waals surface area contributed by atoms with E-state index in [-0.39, 0.29) is 35.1 Å². The van der Waals surface area contributed by atoms with Crippen molar-refractivity contribution in [2.75, 3.05) is 18.4 Å². The number of halogens is 1. The van der Waals surface area contributed by atoms with Crippen molar-refractivity contribution in [2.45, 2.75) is 17.7 Å². The fraction of sp³-hybridized carbons (Fsp3) is 0.263. The van der Waals surface area contributed by atoms with Crippen LogP contribution in [0.25, 0.3) is 0 Å². The van der Waals surface area contributed by atoms with E-state index < -0.39 is 21.8 Å². The van der Waals surface area contributed by atoms with Gasteiger partial charge in [0.05, 0.1) is 22.2 Å². The minimum Gasteiger partial charge on any atom is -0.323 e. The molecule has 0 saturated carbocycles. The zero-order valence-electron chi connectivity index (χ0n) is 14.4. The number of nitrogens with zero attached hydrogens (tertiary/aromatic N) is 2. The van der Waals surface area contributed by atoms with Gasteiger partial charge in [-0.2, -0.15) is 9.57 Å². The summed E-state index contributed by atoms with van der Waals surface area (Å²) >= 11 is 0.